The van der Waals surface area contributed by atoms with E-state index in [9.17, 15) is 0 Å². The zero-order chi connectivity index (χ0) is 8.85. The topological polar surface area (TPSA) is 18.5 Å². The summed E-state index contributed by atoms with van der Waals surface area (Å²) in [7, 11) is 4.13. The van der Waals surface area contributed by atoms with Crippen LogP contribution in [0.15, 0.2) is 0 Å². The third-order valence-corrected chi connectivity index (χ3v) is 1.63. The van der Waals surface area contributed by atoms with Crippen molar-refractivity contribution in [3.8, 4) is 0 Å². The van der Waals surface area contributed by atoms with Crippen LogP contribution in [-0.4, -0.2) is 43.4 Å². The van der Waals surface area contributed by atoms with Gasteiger partial charge in [0.15, 0.2) is 0 Å². The van der Waals surface area contributed by atoms with E-state index in [4.69, 9.17) is 0 Å². The SMILES string of the molecule is CCNCN(C(C)C)N(C)C. The van der Waals surface area contributed by atoms with Crippen molar-refractivity contribution >= 4 is 0 Å². The maximum atomic E-state index is 3.30. The van der Waals surface area contributed by atoms with Crippen molar-refractivity contribution in [2.24, 2.45) is 0 Å². The average molecular weight is 159 g/mol. The van der Waals surface area contributed by atoms with Crippen molar-refractivity contribution in [3.05, 3.63) is 0 Å². The Labute approximate surface area is 70.3 Å². The Morgan fingerprint density at radius 2 is 1.82 bits per heavy atom. The molecule has 0 aliphatic carbocycles. The summed E-state index contributed by atoms with van der Waals surface area (Å²) >= 11 is 0. The molecule has 3 nitrogen and oxygen atoms in total. The van der Waals surface area contributed by atoms with Gasteiger partial charge in [0.1, 0.15) is 0 Å². The van der Waals surface area contributed by atoms with Crippen molar-refractivity contribution in [2.75, 3.05) is 27.3 Å². The highest BCUT2D eigenvalue weighted by Gasteiger charge is 2.09. The highest BCUT2D eigenvalue weighted by Crippen LogP contribution is 1.96. The fourth-order valence-electron chi connectivity index (χ4n) is 1.01. The van der Waals surface area contributed by atoms with Crippen LogP contribution >= 0.6 is 0 Å². The first-order valence-electron chi connectivity index (χ1n) is 4.24. The predicted molar refractivity (Wildman–Crippen MR) is 49.2 cm³/mol. The molecule has 0 aromatic rings. The van der Waals surface area contributed by atoms with Crippen LogP contribution in [0.3, 0.4) is 0 Å². The minimum absolute atomic E-state index is 0.559. The van der Waals surface area contributed by atoms with Crippen molar-refractivity contribution in [1.29, 1.82) is 0 Å². The molecule has 0 saturated carbocycles. The molecule has 0 aliphatic heterocycles. The molecule has 0 bridgehead atoms. The van der Waals surface area contributed by atoms with Crippen LogP contribution < -0.4 is 5.32 Å². The second-order valence-electron chi connectivity index (χ2n) is 3.14. The van der Waals surface area contributed by atoms with Gasteiger partial charge in [-0.1, -0.05) is 6.92 Å². The van der Waals surface area contributed by atoms with Gasteiger partial charge < -0.3 is 5.32 Å². The molecule has 1 N–H and O–H groups in total. The molecular weight excluding hydrogens is 138 g/mol. The lowest BCUT2D eigenvalue weighted by Crippen LogP contribution is -2.47. The number of hydrogen-bond acceptors (Lipinski definition) is 3. The molecule has 0 atom stereocenters. The second kappa shape index (κ2) is 5.52. The van der Waals surface area contributed by atoms with Gasteiger partial charge in [0.05, 0.1) is 6.67 Å². The Morgan fingerprint density at radius 1 is 1.27 bits per heavy atom. The molecule has 0 saturated heterocycles. The first-order chi connectivity index (χ1) is 5.09. The van der Waals surface area contributed by atoms with Crippen molar-refractivity contribution < 1.29 is 0 Å². The molecule has 0 aromatic heterocycles. The smallest absolute Gasteiger partial charge is 0.0625 e. The van der Waals surface area contributed by atoms with Gasteiger partial charge in [-0.2, -0.15) is 0 Å². The van der Waals surface area contributed by atoms with Crippen LogP contribution in [0.25, 0.3) is 0 Å². The van der Waals surface area contributed by atoms with Crippen molar-refractivity contribution in [3.63, 3.8) is 0 Å². The molecule has 0 fully saturated rings. The van der Waals surface area contributed by atoms with Gasteiger partial charge in [-0.25, -0.2) is 10.0 Å². The lowest BCUT2D eigenvalue weighted by atomic mass is 10.4. The van der Waals surface area contributed by atoms with Gasteiger partial charge in [-0.15, -0.1) is 0 Å². The van der Waals surface area contributed by atoms with Gasteiger partial charge in [0, 0.05) is 20.1 Å². The largest absolute Gasteiger partial charge is 0.304 e. The van der Waals surface area contributed by atoms with E-state index in [0.717, 1.165) is 13.2 Å². The minimum atomic E-state index is 0.559. The zero-order valence-electron chi connectivity index (χ0n) is 8.39. The summed E-state index contributed by atoms with van der Waals surface area (Å²) in [5.41, 5.74) is 0. The van der Waals surface area contributed by atoms with E-state index in [2.05, 4.69) is 50.2 Å². The first kappa shape index (κ1) is 10.9. The summed E-state index contributed by atoms with van der Waals surface area (Å²) in [6, 6.07) is 0.559. The third kappa shape index (κ3) is 4.35. The molecule has 0 aliphatic rings. The molecular formula is C8H21N3. The van der Waals surface area contributed by atoms with Crippen LogP contribution in [0.1, 0.15) is 20.8 Å². The molecule has 68 valence electrons. The second-order valence-corrected chi connectivity index (χ2v) is 3.14. The molecule has 0 spiro atoms. The quantitative estimate of drug-likeness (QED) is 0.471. The third-order valence-electron chi connectivity index (χ3n) is 1.63. The molecule has 0 heterocycles. The highest BCUT2D eigenvalue weighted by atomic mass is 15.6. The number of hydrogen-bond donors (Lipinski definition) is 1. The molecule has 0 amide bonds. The van der Waals surface area contributed by atoms with E-state index in [-0.39, 0.29) is 0 Å². The standard InChI is InChI=1S/C8H21N3/c1-6-9-7-11(8(2)3)10(4)5/h8-9H,6-7H2,1-5H3. The van der Waals surface area contributed by atoms with Crippen LogP contribution in [0, 0.1) is 0 Å². The maximum absolute atomic E-state index is 3.30. The summed E-state index contributed by atoms with van der Waals surface area (Å²) < 4.78 is 0. The monoisotopic (exact) mass is 159 g/mol. The van der Waals surface area contributed by atoms with E-state index in [0.29, 0.717) is 6.04 Å². The van der Waals surface area contributed by atoms with E-state index in [1.54, 1.807) is 0 Å². The average Bonchev–Trinajstić information content (AvgIpc) is 1.87. The Hall–Kier alpha value is -0.120. The van der Waals surface area contributed by atoms with Crippen molar-refractivity contribution in [1.82, 2.24) is 15.3 Å². The fourth-order valence-corrected chi connectivity index (χ4v) is 1.01. The predicted octanol–water partition coefficient (Wildman–Crippen LogP) is 0.740. The van der Waals surface area contributed by atoms with Crippen molar-refractivity contribution in [2.45, 2.75) is 26.8 Å². The molecule has 11 heavy (non-hydrogen) atoms. The number of nitrogens with zero attached hydrogens (tertiary/aromatic N) is 2. The van der Waals surface area contributed by atoms with Gasteiger partial charge in [-0.3, -0.25) is 0 Å². The summed E-state index contributed by atoms with van der Waals surface area (Å²) in [4.78, 5) is 0. The molecule has 0 radical (unpaired) electrons. The van der Waals surface area contributed by atoms with Crippen LogP contribution in [-0.2, 0) is 0 Å². The van der Waals surface area contributed by atoms with Crippen LogP contribution in [0.2, 0.25) is 0 Å². The molecule has 0 rings (SSSR count). The van der Waals surface area contributed by atoms with E-state index >= 15 is 0 Å². The van der Waals surface area contributed by atoms with Crippen LogP contribution in [0.4, 0.5) is 0 Å². The highest BCUT2D eigenvalue weighted by molar-refractivity contribution is 4.55. The van der Waals surface area contributed by atoms with E-state index in [1.165, 1.54) is 0 Å². The summed E-state index contributed by atoms with van der Waals surface area (Å²) in [5, 5.41) is 7.68. The normalized spacial score (nSPS) is 12.0. The lowest BCUT2D eigenvalue weighted by Gasteiger charge is -2.32. The molecule has 0 aromatic carbocycles. The van der Waals surface area contributed by atoms with E-state index < -0.39 is 0 Å². The maximum Gasteiger partial charge on any atom is 0.0625 e. The number of hydrazine groups is 1. The van der Waals surface area contributed by atoms with Gasteiger partial charge in [0.25, 0.3) is 0 Å². The van der Waals surface area contributed by atoms with Gasteiger partial charge >= 0.3 is 0 Å². The lowest BCUT2D eigenvalue weighted by molar-refractivity contribution is -0.0124. The fraction of sp³-hybridized carbons (Fsp3) is 1.00. The minimum Gasteiger partial charge on any atom is -0.304 e. The zero-order valence-corrected chi connectivity index (χ0v) is 8.39. The Kier molecular flexibility index (Phi) is 5.46. The summed E-state index contributed by atoms with van der Waals surface area (Å²) in [5.74, 6) is 0. The van der Waals surface area contributed by atoms with Gasteiger partial charge in [-0.05, 0) is 20.4 Å². The summed E-state index contributed by atoms with van der Waals surface area (Å²) in [6.07, 6.45) is 0. The molecule has 3 heteroatoms. The summed E-state index contributed by atoms with van der Waals surface area (Å²) in [6.45, 7) is 8.46. The Morgan fingerprint density at radius 3 is 2.09 bits per heavy atom. The number of nitrogens with one attached hydrogen (secondary N) is 1. The number of rotatable bonds is 5. The Bertz CT molecular complexity index is 83.3. The van der Waals surface area contributed by atoms with Gasteiger partial charge in [0.2, 0.25) is 0 Å². The molecule has 0 unspecified atom stereocenters. The Balaban J connectivity index is 3.70. The van der Waals surface area contributed by atoms with Crippen LogP contribution in [0.5, 0.6) is 0 Å². The van der Waals surface area contributed by atoms with E-state index in [1.807, 2.05) is 0 Å². The first-order valence-corrected chi connectivity index (χ1v) is 4.24.